The number of hydrogen-bond donors (Lipinski definition) is 1. The molecule has 2 rings (SSSR count). The van der Waals surface area contributed by atoms with Gasteiger partial charge in [0.25, 0.3) is 0 Å². The first kappa shape index (κ1) is 13.7. The highest BCUT2D eigenvalue weighted by molar-refractivity contribution is 7.84. The van der Waals surface area contributed by atoms with Gasteiger partial charge in [-0.15, -0.1) is 0 Å². The molecule has 0 radical (unpaired) electrons. The Bertz CT molecular complexity index is 663. The zero-order valence-corrected chi connectivity index (χ0v) is 11.9. The number of carboxylic acid groups (broad SMARTS) is 1. The molecule has 2 atom stereocenters. The van der Waals surface area contributed by atoms with Crippen LogP contribution in [-0.2, 0) is 17.3 Å². The van der Waals surface area contributed by atoms with Crippen LogP contribution in [0.2, 0.25) is 0 Å². The molecule has 1 aromatic carbocycles. The zero-order valence-electron chi connectivity index (χ0n) is 11.1. The molecule has 0 amide bonds. The Hall–Kier alpha value is -1.69. The standard InChI is InChI=1S/C13H16N2O3S/c1-8(19(3)18)7-15-9(2)14-11-6-4-5-10(12(11)15)13(16)17/h4-6,8H,7H2,1-3H3,(H,16,17). The molecule has 0 saturated heterocycles. The summed E-state index contributed by atoms with van der Waals surface area (Å²) in [5.41, 5.74) is 1.49. The smallest absolute Gasteiger partial charge is 0.337 e. The zero-order chi connectivity index (χ0) is 14.2. The van der Waals surface area contributed by atoms with E-state index in [1.54, 1.807) is 24.5 Å². The van der Waals surface area contributed by atoms with Crippen molar-refractivity contribution in [3.05, 3.63) is 29.6 Å². The molecular formula is C13H16N2O3S. The molecule has 0 fully saturated rings. The normalized spacial score (nSPS) is 14.5. The highest BCUT2D eigenvalue weighted by Gasteiger charge is 2.18. The van der Waals surface area contributed by atoms with Crippen molar-refractivity contribution in [2.24, 2.45) is 0 Å². The number of carboxylic acids is 1. The van der Waals surface area contributed by atoms with Crippen molar-refractivity contribution in [3.8, 4) is 0 Å². The minimum atomic E-state index is -0.975. The van der Waals surface area contributed by atoms with E-state index in [-0.39, 0.29) is 10.8 Å². The number of nitrogens with zero attached hydrogens (tertiary/aromatic N) is 2. The fraction of sp³-hybridized carbons (Fsp3) is 0.385. The van der Waals surface area contributed by atoms with Crippen molar-refractivity contribution in [1.29, 1.82) is 0 Å². The van der Waals surface area contributed by atoms with Gasteiger partial charge in [0.2, 0.25) is 0 Å². The van der Waals surface area contributed by atoms with Crippen LogP contribution in [0.25, 0.3) is 11.0 Å². The average Bonchev–Trinajstić information content (AvgIpc) is 2.65. The lowest BCUT2D eigenvalue weighted by atomic mass is 10.2. The molecule has 6 heteroatoms. The monoisotopic (exact) mass is 280 g/mol. The number of aryl methyl sites for hydroxylation is 1. The van der Waals surface area contributed by atoms with E-state index in [1.165, 1.54) is 0 Å². The van der Waals surface area contributed by atoms with Crippen LogP contribution in [0.1, 0.15) is 23.1 Å². The molecule has 0 saturated carbocycles. The van der Waals surface area contributed by atoms with E-state index < -0.39 is 16.8 Å². The van der Waals surface area contributed by atoms with Gasteiger partial charge in [0, 0.05) is 28.9 Å². The maximum atomic E-state index is 11.5. The Labute approximate surface area is 113 Å². The van der Waals surface area contributed by atoms with Crippen LogP contribution < -0.4 is 0 Å². The summed E-state index contributed by atoms with van der Waals surface area (Å²) < 4.78 is 13.3. The molecule has 0 aliphatic heterocycles. The van der Waals surface area contributed by atoms with Crippen LogP contribution in [0.3, 0.4) is 0 Å². The molecule has 1 N–H and O–H groups in total. The van der Waals surface area contributed by atoms with Gasteiger partial charge in [-0.1, -0.05) is 6.07 Å². The number of benzene rings is 1. The summed E-state index contributed by atoms with van der Waals surface area (Å²) in [6, 6.07) is 5.04. The fourth-order valence-electron chi connectivity index (χ4n) is 2.06. The van der Waals surface area contributed by atoms with Gasteiger partial charge >= 0.3 is 5.97 Å². The Morgan fingerprint density at radius 1 is 1.53 bits per heavy atom. The first-order valence-electron chi connectivity index (χ1n) is 5.93. The molecule has 19 heavy (non-hydrogen) atoms. The van der Waals surface area contributed by atoms with Crippen molar-refractivity contribution < 1.29 is 14.1 Å². The van der Waals surface area contributed by atoms with Crippen molar-refractivity contribution in [2.75, 3.05) is 6.26 Å². The van der Waals surface area contributed by atoms with Crippen molar-refractivity contribution in [2.45, 2.75) is 25.6 Å². The van der Waals surface area contributed by atoms with E-state index in [2.05, 4.69) is 4.98 Å². The molecule has 1 heterocycles. The van der Waals surface area contributed by atoms with E-state index in [0.717, 1.165) is 5.82 Å². The number of fused-ring (bicyclic) bond motifs is 1. The summed E-state index contributed by atoms with van der Waals surface area (Å²) in [7, 11) is -0.959. The summed E-state index contributed by atoms with van der Waals surface area (Å²) >= 11 is 0. The van der Waals surface area contributed by atoms with Gasteiger partial charge in [-0.05, 0) is 26.0 Å². The SMILES string of the molecule is Cc1nc2cccc(C(=O)O)c2n1CC(C)S(C)=O. The van der Waals surface area contributed by atoms with Gasteiger partial charge in [-0.3, -0.25) is 4.21 Å². The van der Waals surface area contributed by atoms with E-state index >= 15 is 0 Å². The van der Waals surface area contributed by atoms with Crippen molar-refractivity contribution >= 4 is 27.8 Å². The molecule has 5 nitrogen and oxygen atoms in total. The summed E-state index contributed by atoms with van der Waals surface area (Å²) in [5, 5.41) is 9.20. The minimum absolute atomic E-state index is 0.0575. The third kappa shape index (κ3) is 2.53. The van der Waals surface area contributed by atoms with Crippen LogP contribution in [0.4, 0.5) is 0 Å². The molecule has 0 aliphatic carbocycles. The van der Waals surface area contributed by atoms with Crippen LogP contribution in [0.5, 0.6) is 0 Å². The van der Waals surface area contributed by atoms with Gasteiger partial charge in [-0.25, -0.2) is 9.78 Å². The Morgan fingerprint density at radius 2 is 2.21 bits per heavy atom. The van der Waals surface area contributed by atoms with E-state index in [9.17, 15) is 14.1 Å². The highest BCUT2D eigenvalue weighted by Crippen LogP contribution is 2.21. The highest BCUT2D eigenvalue weighted by atomic mass is 32.2. The van der Waals surface area contributed by atoms with Crippen LogP contribution in [0, 0.1) is 6.92 Å². The van der Waals surface area contributed by atoms with Crippen molar-refractivity contribution in [3.63, 3.8) is 0 Å². The molecule has 2 unspecified atom stereocenters. The molecule has 0 aliphatic rings. The minimum Gasteiger partial charge on any atom is -0.478 e. The number of rotatable bonds is 4. The molecular weight excluding hydrogens is 264 g/mol. The predicted octanol–water partition coefficient (Wildman–Crippen LogP) is 1.81. The summed E-state index contributed by atoms with van der Waals surface area (Å²) in [6.45, 7) is 4.21. The lowest BCUT2D eigenvalue weighted by molar-refractivity contribution is 0.0698. The quantitative estimate of drug-likeness (QED) is 0.927. The number of imidazole rings is 1. The fourth-order valence-corrected chi connectivity index (χ4v) is 2.42. The van der Waals surface area contributed by atoms with Gasteiger partial charge < -0.3 is 9.67 Å². The number of hydrogen-bond acceptors (Lipinski definition) is 3. The summed E-state index contributed by atoms with van der Waals surface area (Å²) in [5.74, 6) is -0.238. The number of para-hydroxylation sites is 1. The first-order valence-corrected chi connectivity index (χ1v) is 7.55. The van der Waals surface area contributed by atoms with Crippen LogP contribution >= 0.6 is 0 Å². The summed E-state index contributed by atoms with van der Waals surface area (Å²) in [6.07, 6.45) is 1.65. The van der Waals surface area contributed by atoms with E-state index in [4.69, 9.17) is 0 Å². The largest absolute Gasteiger partial charge is 0.478 e. The Balaban J connectivity index is 2.62. The second kappa shape index (κ2) is 5.13. The topological polar surface area (TPSA) is 72.2 Å². The van der Waals surface area contributed by atoms with E-state index in [0.29, 0.717) is 17.6 Å². The van der Waals surface area contributed by atoms with E-state index in [1.807, 2.05) is 18.4 Å². The second-order valence-corrected chi connectivity index (χ2v) is 6.36. The third-order valence-corrected chi connectivity index (χ3v) is 4.48. The average molecular weight is 280 g/mol. The Kier molecular flexibility index (Phi) is 3.71. The second-order valence-electron chi connectivity index (χ2n) is 4.56. The molecule has 0 spiro atoms. The number of aromatic carboxylic acids is 1. The predicted molar refractivity (Wildman–Crippen MR) is 75.0 cm³/mol. The number of aromatic nitrogens is 2. The molecule has 1 aromatic heterocycles. The number of carbonyl (C=O) groups is 1. The van der Waals surface area contributed by atoms with Gasteiger partial charge in [-0.2, -0.15) is 0 Å². The first-order chi connectivity index (χ1) is 8.91. The lowest BCUT2D eigenvalue weighted by Gasteiger charge is -2.13. The molecule has 102 valence electrons. The van der Waals surface area contributed by atoms with Gasteiger partial charge in [0.15, 0.2) is 0 Å². The molecule has 2 aromatic rings. The summed E-state index contributed by atoms with van der Waals surface area (Å²) in [4.78, 5) is 15.7. The van der Waals surface area contributed by atoms with Gasteiger partial charge in [0.1, 0.15) is 5.82 Å². The Morgan fingerprint density at radius 3 is 2.79 bits per heavy atom. The van der Waals surface area contributed by atoms with Crippen LogP contribution in [0.15, 0.2) is 18.2 Å². The molecule has 0 bridgehead atoms. The van der Waals surface area contributed by atoms with Crippen LogP contribution in [-0.4, -0.2) is 36.3 Å². The van der Waals surface area contributed by atoms with Crippen molar-refractivity contribution in [1.82, 2.24) is 9.55 Å². The van der Waals surface area contributed by atoms with Gasteiger partial charge in [0.05, 0.1) is 16.6 Å². The lowest BCUT2D eigenvalue weighted by Crippen LogP contribution is -2.19. The third-order valence-electron chi connectivity index (χ3n) is 3.19. The maximum Gasteiger partial charge on any atom is 0.337 e. The maximum absolute atomic E-state index is 11.5.